The van der Waals surface area contributed by atoms with Crippen LogP contribution in [0.25, 0.3) is 0 Å². The number of benzene rings is 1. The lowest BCUT2D eigenvalue weighted by Crippen LogP contribution is -2.34. The van der Waals surface area contributed by atoms with Gasteiger partial charge >= 0.3 is 11.8 Å². The fourth-order valence-electron chi connectivity index (χ4n) is 1.54. The van der Waals surface area contributed by atoms with Crippen LogP contribution in [-0.2, 0) is 16.1 Å². The number of carbonyl (C=O) groups is 2. The molecule has 0 unspecified atom stereocenters. The molecule has 0 fully saturated rings. The summed E-state index contributed by atoms with van der Waals surface area (Å²) in [7, 11) is 0. The maximum absolute atomic E-state index is 11.7. The lowest BCUT2D eigenvalue weighted by molar-refractivity contribution is -0.136. The van der Waals surface area contributed by atoms with E-state index in [2.05, 4.69) is 10.6 Å². The zero-order chi connectivity index (χ0) is 14.4. The average Bonchev–Trinajstić information content (AvgIpc) is 2.98. The summed E-state index contributed by atoms with van der Waals surface area (Å²) < 4.78 is 0. The third kappa shape index (κ3) is 4.11. The number of rotatable bonds is 4. The first-order valence-corrected chi connectivity index (χ1v) is 8.10. The van der Waals surface area contributed by atoms with Crippen LogP contribution >= 0.6 is 23.1 Å². The Labute approximate surface area is 125 Å². The van der Waals surface area contributed by atoms with E-state index in [1.54, 1.807) is 29.2 Å². The largest absolute Gasteiger partial charge is 0.344 e. The normalized spacial score (nSPS) is 10.1. The molecule has 104 valence electrons. The summed E-state index contributed by atoms with van der Waals surface area (Å²) in [5.41, 5.74) is 1.60. The number of hydrogen-bond acceptors (Lipinski definition) is 4. The van der Waals surface area contributed by atoms with Crippen LogP contribution in [0.3, 0.4) is 0 Å². The Bertz CT molecular complexity index is 597. The zero-order valence-corrected chi connectivity index (χ0v) is 12.5. The first kappa shape index (κ1) is 14.6. The number of carbonyl (C=O) groups excluding carboxylic acids is 2. The monoisotopic (exact) mass is 306 g/mol. The van der Waals surface area contributed by atoms with Gasteiger partial charge in [0.05, 0.1) is 0 Å². The van der Waals surface area contributed by atoms with Crippen molar-refractivity contribution in [3.8, 4) is 0 Å². The van der Waals surface area contributed by atoms with Gasteiger partial charge in [-0.15, -0.1) is 11.8 Å². The molecule has 1 heterocycles. The van der Waals surface area contributed by atoms with E-state index in [1.807, 2.05) is 41.3 Å². The summed E-state index contributed by atoms with van der Waals surface area (Å²) in [5, 5.41) is 9.03. The van der Waals surface area contributed by atoms with Gasteiger partial charge in [-0.25, -0.2) is 0 Å². The molecule has 2 rings (SSSR count). The SMILES string of the molecule is CSc1cccc(NC(=O)C(=O)NCc2ccsc2)c1. The molecular formula is C14H14N2O2S2. The second kappa shape index (κ2) is 7.12. The van der Waals surface area contributed by atoms with E-state index in [4.69, 9.17) is 0 Å². The van der Waals surface area contributed by atoms with E-state index in [-0.39, 0.29) is 0 Å². The van der Waals surface area contributed by atoms with Crippen molar-refractivity contribution < 1.29 is 9.59 Å². The van der Waals surface area contributed by atoms with Gasteiger partial charge in [0.2, 0.25) is 0 Å². The fourth-order valence-corrected chi connectivity index (χ4v) is 2.67. The predicted octanol–water partition coefficient (Wildman–Crippen LogP) is 2.72. The second-order valence-electron chi connectivity index (χ2n) is 4.00. The molecule has 2 amide bonds. The summed E-state index contributed by atoms with van der Waals surface area (Å²) in [5.74, 6) is -1.29. The number of thioether (sulfide) groups is 1. The highest BCUT2D eigenvalue weighted by atomic mass is 32.2. The van der Waals surface area contributed by atoms with E-state index >= 15 is 0 Å². The molecule has 0 aliphatic heterocycles. The summed E-state index contributed by atoms with van der Waals surface area (Å²) in [6.45, 7) is 0.362. The summed E-state index contributed by atoms with van der Waals surface area (Å²) in [6.07, 6.45) is 1.95. The molecule has 4 nitrogen and oxygen atoms in total. The summed E-state index contributed by atoms with van der Waals surface area (Å²) in [4.78, 5) is 24.4. The molecule has 20 heavy (non-hydrogen) atoms. The van der Waals surface area contributed by atoms with Crippen molar-refractivity contribution in [3.63, 3.8) is 0 Å². The molecule has 0 aliphatic carbocycles. The van der Waals surface area contributed by atoms with Crippen LogP contribution in [0.4, 0.5) is 5.69 Å². The second-order valence-corrected chi connectivity index (χ2v) is 5.66. The maximum Gasteiger partial charge on any atom is 0.313 e. The van der Waals surface area contributed by atoms with E-state index in [0.717, 1.165) is 10.5 Å². The first-order chi connectivity index (χ1) is 9.69. The quantitative estimate of drug-likeness (QED) is 0.674. The topological polar surface area (TPSA) is 58.2 Å². The minimum Gasteiger partial charge on any atom is -0.344 e. The van der Waals surface area contributed by atoms with Gasteiger partial charge in [0, 0.05) is 17.1 Å². The number of anilines is 1. The molecule has 0 saturated carbocycles. The molecule has 0 atom stereocenters. The van der Waals surface area contributed by atoms with Gasteiger partial charge in [0.1, 0.15) is 0 Å². The molecule has 1 aromatic heterocycles. The lowest BCUT2D eigenvalue weighted by Gasteiger charge is -2.06. The van der Waals surface area contributed by atoms with E-state index in [9.17, 15) is 9.59 Å². The Morgan fingerprint density at radius 1 is 1.25 bits per heavy atom. The minimum absolute atomic E-state index is 0.362. The van der Waals surface area contributed by atoms with Crippen molar-refractivity contribution in [1.82, 2.24) is 5.32 Å². The Morgan fingerprint density at radius 2 is 2.10 bits per heavy atom. The summed E-state index contributed by atoms with van der Waals surface area (Å²) in [6, 6.07) is 9.27. The van der Waals surface area contributed by atoms with Crippen LogP contribution in [-0.4, -0.2) is 18.1 Å². The van der Waals surface area contributed by atoms with E-state index < -0.39 is 11.8 Å². The molecule has 2 aromatic rings. The minimum atomic E-state index is -0.654. The van der Waals surface area contributed by atoms with Gasteiger partial charge in [0.25, 0.3) is 0 Å². The highest BCUT2D eigenvalue weighted by molar-refractivity contribution is 7.98. The number of amides is 2. The van der Waals surface area contributed by atoms with E-state index in [0.29, 0.717) is 12.2 Å². The van der Waals surface area contributed by atoms with Crippen molar-refractivity contribution in [1.29, 1.82) is 0 Å². The fraction of sp³-hybridized carbons (Fsp3) is 0.143. The van der Waals surface area contributed by atoms with Crippen molar-refractivity contribution in [2.45, 2.75) is 11.4 Å². The molecule has 0 radical (unpaired) electrons. The van der Waals surface area contributed by atoms with Crippen molar-refractivity contribution in [3.05, 3.63) is 46.7 Å². The van der Waals surface area contributed by atoms with Gasteiger partial charge in [-0.1, -0.05) is 6.07 Å². The van der Waals surface area contributed by atoms with Crippen LogP contribution in [0.1, 0.15) is 5.56 Å². The molecule has 2 N–H and O–H groups in total. The Hall–Kier alpha value is -1.79. The van der Waals surface area contributed by atoms with Gasteiger partial charge in [0.15, 0.2) is 0 Å². The van der Waals surface area contributed by atoms with Crippen LogP contribution in [0.5, 0.6) is 0 Å². The van der Waals surface area contributed by atoms with E-state index in [1.165, 1.54) is 0 Å². The van der Waals surface area contributed by atoms with Crippen molar-refractivity contribution in [2.75, 3.05) is 11.6 Å². The van der Waals surface area contributed by atoms with Crippen LogP contribution < -0.4 is 10.6 Å². The molecule has 6 heteroatoms. The van der Waals surface area contributed by atoms with Crippen molar-refractivity contribution in [2.24, 2.45) is 0 Å². The Balaban J connectivity index is 1.88. The third-order valence-electron chi connectivity index (χ3n) is 2.57. The maximum atomic E-state index is 11.7. The summed E-state index contributed by atoms with van der Waals surface area (Å²) >= 11 is 3.13. The van der Waals surface area contributed by atoms with Gasteiger partial charge in [-0.05, 0) is 46.8 Å². The third-order valence-corrected chi connectivity index (χ3v) is 4.02. The van der Waals surface area contributed by atoms with Gasteiger partial charge in [-0.3, -0.25) is 9.59 Å². The average molecular weight is 306 g/mol. The van der Waals surface area contributed by atoms with Gasteiger partial charge < -0.3 is 10.6 Å². The smallest absolute Gasteiger partial charge is 0.313 e. The first-order valence-electron chi connectivity index (χ1n) is 5.93. The molecular weight excluding hydrogens is 292 g/mol. The Kier molecular flexibility index (Phi) is 5.20. The molecule has 0 bridgehead atoms. The van der Waals surface area contributed by atoms with Crippen LogP contribution in [0.15, 0.2) is 46.0 Å². The lowest BCUT2D eigenvalue weighted by atomic mass is 10.3. The van der Waals surface area contributed by atoms with Crippen LogP contribution in [0, 0.1) is 0 Å². The van der Waals surface area contributed by atoms with Crippen molar-refractivity contribution >= 4 is 40.6 Å². The molecule has 0 saturated heterocycles. The number of hydrogen-bond donors (Lipinski definition) is 2. The highest BCUT2D eigenvalue weighted by Gasteiger charge is 2.13. The number of nitrogens with one attached hydrogen (secondary N) is 2. The molecule has 0 spiro atoms. The zero-order valence-electron chi connectivity index (χ0n) is 10.9. The molecule has 0 aliphatic rings. The molecule has 1 aromatic carbocycles. The highest BCUT2D eigenvalue weighted by Crippen LogP contribution is 2.18. The number of thiophene rings is 1. The predicted molar refractivity (Wildman–Crippen MR) is 83.0 cm³/mol. The standard InChI is InChI=1S/C14H14N2O2S2/c1-19-12-4-2-3-11(7-12)16-14(18)13(17)15-8-10-5-6-20-9-10/h2-7,9H,8H2,1H3,(H,15,17)(H,16,18). The van der Waals surface area contributed by atoms with Gasteiger partial charge in [-0.2, -0.15) is 11.3 Å². The van der Waals surface area contributed by atoms with Crippen LogP contribution in [0.2, 0.25) is 0 Å². The Morgan fingerprint density at radius 3 is 2.80 bits per heavy atom.